The van der Waals surface area contributed by atoms with Gasteiger partial charge in [0.2, 0.25) is 0 Å². The van der Waals surface area contributed by atoms with Crippen molar-refractivity contribution in [1.29, 1.82) is 0 Å². The maximum Gasteiger partial charge on any atom is 0.327 e. The lowest BCUT2D eigenvalue weighted by atomic mass is 9.82. The molecule has 0 saturated heterocycles. The number of nitrogens with zero attached hydrogens (tertiary/aromatic N) is 1. The summed E-state index contributed by atoms with van der Waals surface area (Å²) >= 11 is 0. The van der Waals surface area contributed by atoms with Crippen LogP contribution in [0.5, 0.6) is 0 Å². The summed E-state index contributed by atoms with van der Waals surface area (Å²) in [6.07, 6.45) is 0.395. The molecule has 0 aliphatic heterocycles. The zero-order valence-electron chi connectivity index (χ0n) is 16.9. The molecule has 0 radical (unpaired) electrons. The molecule has 0 spiro atoms. The van der Waals surface area contributed by atoms with Crippen molar-refractivity contribution in [3.05, 3.63) is 0 Å². The summed E-state index contributed by atoms with van der Waals surface area (Å²) in [7, 11) is -8.73. The highest BCUT2D eigenvalue weighted by Crippen LogP contribution is 2.51. The van der Waals surface area contributed by atoms with Crippen molar-refractivity contribution >= 4 is 15.2 Å². The highest BCUT2D eigenvalue weighted by Gasteiger charge is 2.52. The molecule has 1 unspecified atom stereocenters. The number of rotatable bonds is 13. The maximum absolute atomic E-state index is 11.9. The third-order valence-electron chi connectivity index (χ3n) is 5.43. The molecule has 0 heterocycles. The molecule has 0 amide bonds. The molecule has 10 heteroatoms. The smallest absolute Gasteiger partial charge is 0.327 e. The molecule has 0 rings (SSSR count). The van der Waals surface area contributed by atoms with E-state index in [1.54, 1.807) is 6.92 Å². The molecule has 0 bridgehead atoms. The lowest BCUT2D eigenvalue weighted by molar-refractivity contribution is -0.149. The highest BCUT2D eigenvalue weighted by atomic mass is 31.2. The average molecular weight is 417 g/mol. The quantitative estimate of drug-likeness (QED) is 0.266. The van der Waals surface area contributed by atoms with Gasteiger partial charge in [-0.3, -0.25) is 14.0 Å². The second-order valence-corrected chi connectivity index (χ2v) is 10.2. The zero-order valence-corrected chi connectivity index (χ0v) is 18.7. The van der Waals surface area contributed by atoms with Crippen LogP contribution in [0.4, 0.5) is 0 Å². The second kappa shape index (κ2) is 10.1. The minimum Gasteiger partial charge on any atom is -0.364 e. The van der Waals surface area contributed by atoms with E-state index in [4.69, 9.17) is 4.74 Å². The van der Waals surface area contributed by atoms with E-state index in [1.807, 2.05) is 39.5 Å². The van der Waals surface area contributed by atoms with Crippen LogP contribution in [0.2, 0.25) is 0 Å². The molecule has 0 aromatic heterocycles. The van der Waals surface area contributed by atoms with Gasteiger partial charge in [-0.15, -0.1) is 0 Å². The van der Waals surface area contributed by atoms with Crippen LogP contribution in [-0.4, -0.2) is 60.7 Å². The molecule has 26 heavy (non-hydrogen) atoms. The third kappa shape index (κ3) is 6.99. The first-order chi connectivity index (χ1) is 11.8. The van der Waals surface area contributed by atoms with Gasteiger partial charge in [-0.1, -0.05) is 27.7 Å². The topological polar surface area (TPSA) is 128 Å². The molecule has 0 aromatic carbocycles. The van der Waals surface area contributed by atoms with Crippen LogP contribution in [0.1, 0.15) is 67.2 Å². The Morgan fingerprint density at radius 2 is 1.12 bits per heavy atom. The molecule has 0 fully saturated rings. The van der Waals surface area contributed by atoms with Crippen LogP contribution in [-0.2, 0) is 13.9 Å². The fraction of sp³-hybridized carbons (Fsp3) is 1.00. The van der Waals surface area contributed by atoms with E-state index in [1.165, 1.54) is 0 Å². The number of hydrogen-bond acceptors (Lipinski definition) is 4. The molecule has 158 valence electrons. The molecule has 8 nitrogen and oxygen atoms in total. The largest absolute Gasteiger partial charge is 0.364 e. The summed E-state index contributed by atoms with van der Waals surface area (Å²) in [5, 5.41) is 0. The van der Waals surface area contributed by atoms with Crippen molar-refractivity contribution in [2.24, 2.45) is 0 Å². The van der Waals surface area contributed by atoms with Gasteiger partial charge in [0, 0.05) is 17.7 Å². The zero-order chi connectivity index (χ0) is 20.8. The second-order valence-electron chi connectivity index (χ2n) is 6.93. The van der Waals surface area contributed by atoms with Gasteiger partial charge < -0.3 is 24.3 Å². The van der Waals surface area contributed by atoms with Crippen LogP contribution < -0.4 is 0 Å². The minimum atomic E-state index is -4.37. The van der Waals surface area contributed by atoms with E-state index >= 15 is 0 Å². The maximum atomic E-state index is 11.9. The lowest BCUT2D eigenvalue weighted by Crippen LogP contribution is -2.66. The van der Waals surface area contributed by atoms with E-state index in [0.29, 0.717) is 32.3 Å². The van der Waals surface area contributed by atoms with Gasteiger partial charge in [0.1, 0.15) is 6.23 Å². The summed E-state index contributed by atoms with van der Waals surface area (Å²) in [6, 6.07) is 0. The van der Waals surface area contributed by atoms with E-state index in [0.717, 1.165) is 0 Å². The van der Waals surface area contributed by atoms with Crippen LogP contribution in [0.25, 0.3) is 0 Å². The van der Waals surface area contributed by atoms with Crippen molar-refractivity contribution in [1.82, 2.24) is 4.90 Å². The van der Waals surface area contributed by atoms with Crippen molar-refractivity contribution in [3.63, 3.8) is 0 Å². The summed E-state index contributed by atoms with van der Waals surface area (Å²) in [4.78, 5) is 40.7. The summed E-state index contributed by atoms with van der Waals surface area (Å²) in [5.74, 6) is 0. The Kier molecular flexibility index (Phi) is 10.2. The average Bonchev–Trinajstić information content (AvgIpc) is 2.50. The number of hydrogen-bond donors (Lipinski definition) is 4. The number of ether oxygens (including phenoxy) is 1. The van der Waals surface area contributed by atoms with Crippen molar-refractivity contribution in [3.8, 4) is 0 Å². The fourth-order valence-corrected chi connectivity index (χ4v) is 6.87. The minimum absolute atomic E-state index is 0.382. The molecule has 0 aliphatic rings. The van der Waals surface area contributed by atoms with Crippen molar-refractivity contribution < 1.29 is 33.4 Å². The van der Waals surface area contributed by atoms with Crippen LogP contribution in [0, 0.1) is 0 Å². The Morgan fingerprint density at radius 3 is 1.31 bits per heavy atom. The monoisotopic (exact) mass is 417 g/mol. The first kappa shape index (κ1) is 26.2. The molecule has 4 N–H and O–H groups in total. The Labute approximate surface area is 157 Å². The van der Waals surface area contributed by atoms with E-state index in [2.05, 4.69) is 0 Å². The van der Waals surface area contributed by atoms with Gasteiger partial charge in [-0.05, 0) is 39.5 Å². The molecule has 1 atom stereocenters. The van der Waals surface area contributed by atoms with Gasteiger partial charge in [-0.25, -0.2) is 0 Å². The molecule has 0 aromatic rings. The summed E-state index contributed by atoms with van der Waals surface area (Å²) < 4.78 is 29.6. The van der Waals surface area contributed by atoms with Gasteiger partial charge in [0.15, 0.2) is 0 Å². The first-order valence-electron chi connectivity index (χ1n) is 9.26. The van der Waals surface area contributed by atoms with Crippen molar-refractivity contribution in [2.45, 2.75) is 84.5 Å². The van der Waals surface area contributed by atoms with E-state index in [-0.39, 0.29) is 12.3 Å². The van der Waals surface area contributed by atoms with Gasteiger partial charge in [-0.2, -0.15) is 0 Å². The fourth-order valence-electron chi connectivity index (χ4n) is 4.14. The van der Waals surface area contributed by atoms with Crippen LogP contribution >= 0.6 is 15.2 Å². The van der Waals surface area contributed by atoms with Crippen LogP contribution in [0.15, 0.2) is 0 Å². The summed E-state index contributed by atoms with van der Waals surface area (Å²) in [5.41, 5.74) is -1.87. The third-order valence-corrected chi connectivity index (χ3v) is 7.43. The SMILES string of the molecule is CCOC(C)N(C(CC)(CC)CP(=O)(O)O)C(CC)(CC)CP(=O)(O)O. The Balaban J connectivity index is 6.55. The van der Waals surface area contributed by atoms with Crippen molar-refractivity contribution in [2.75, 3.05) is 18.9 Å². The van der Waals surface area contributed by atoms with Gasteiger partial charge in [0.25, 0.3) is 0 Å². The Hall–Kier alpha value is 0.220. The lowest BCUT2D eigenvalue weighted by Gasteiger charge is -2.56. The molecule has 0 aliphatic carbocycles. The Morgan fingerprint density at radius 1 is 0.808 bits per heavy atom. The normalized spacial score (nSPS) is 15.5. The molecular weight excluding hydrogens is 380 g/mol. The Bertz CT molecular complexity index is 469. The predicted octanol–water partition coefficient (Wildman–Crippen LogP) is 3.14. The van der Waals surface area contributed by atoms with E-state index < -0.39 is 32.5 Å². The molecular formula is C16H37NO7P2. The molecule has 0 saturated carbocycles. The van der Waals surface area contributed by atoms with E-state index in [9.17, 15) is 28.7 Å². The first-order valence-corrected chi connectivity index (χ1v) is 12.9. The highest BCUT2D eigenvalue weighted by molar-refractivity contribution is 7.52. The van der Waals surface area contributed by atoms with Gasteiger partial charge in [0.05, 0.1) is 12.3 Å². The van der Waals surface area contributed by atoms with Gasteiger partial charge >= 0.3 is 15.2 Å². The predicted molar refractivity (Wildman–Crippen MR) is 103 cm³/mol. The summed E-state index contributed by atoms with van der Waals surface area (Å²) in [6.45, 7) is 11.4. The van der Waals surface area contributed by atoms with Crippen LogP contribution in [0.3, 0.4) is 0 Å². The standard InChI is InChI=1S/C16H37NO7P2/c1-7-15(8-2,12-25(18,19)20)17(14(6)24-11-5)16(9-3,10-4)13-26(21,22)23/h14H,7-13H2,1-6H3,(H2,18,19,20)(H2,21,22,23).